The molecule has 0 radical (unpaired) electrons. The van der Waals surface area contributed by atoms with Crippen LogP contribution in [0.3, 0.4) is 0 Å². The van der Waals surface area contributed by atoms with Crippen LogP contribution in [-0.2, 0) is 22.6 Å². The van der Waals surface area contributed by atoms with Crippen molar-refractivity contribution in [3.63, 3.8) is 0 Å². The highest BCUT2D eigenvalue weighted by atomic mass is 32.2. The second kappa shape index (κ2) is 11.3. The first-order chi connectivity index (χ1) is 15.4. The standard InChI is InChI=1S/C20H24N2OS.C4H4O4/c1-21-8-10-22(11-9-21)18-13-16-4-2-3-5-19(16)24-20-7-6-15(14-23)12-17(18)20;5-3(6)1-2-4(7)8/h2-7,12,18,23H,8-11,13-14H2,1H3;1-2H,(H,5,6)(H,7,8)/b;2-1-. The third-order valence-electron chi connectivity index (χ3n) is 5.57. The van der Waals surface area contributed by atoms with Gasteiger partial charge in [0, 0.05) is 54.2 Å². The second-order valence-electron chi connectivity index (χ2n) is 7.81. The average molecular weight is 457 g/mol. The Balaban J connectivity index is 0.000000312. The summed E-state index contributed by atoms with van der Waals surface area (Å²) in [4.78, 5) is 26.8. The van der Waals surface area contributed by atoms with E-state index < -0.39 is 11.9 Å². The summed E-state index contributed by atoms with van der Waals surface area (Å²) in [5, 5.41) is 25.2. The van der Waals surface area contributed by atoms with Crippen molar-refractivity contribution in [3.8, 4) is 0 Å². The number of likely N-dealkylation sites (N-methyl/N-ethyl adjacent to an activating group) is 1. The van der Waals surface area contributed by atoms with Gasteiger partial charge in [0.1, 0.15) is 0 Å². The Labute approximate surface area is 192 Å². The van der Waals surface area contributed by atoms with E-state index in [-0.39, 0.29) is 6.61 Å². The van der Waals surface area contributed by atoms with Crippen molar-refractivity contribution in [2.75, 3.05) is 33.2 Å². The molecule has 0 aliphatic carbocycles. The summed E-state index contributed by atoms with van der Waals surface area (Å²) in [5.41, 5.74) is 3.83. The van der Waals surface area contributed by atoms with Crippen LogP contribution in [0.1, 0.15) is 22.7 Å². The summed E-state index contributed by atoms with van der Waals surface area (Å²) in [6.07, 6.45) is 2.17. The van der Waals surface area contributed by atoms with Crippen molar-refractivity contribution in [3.05, 3.63) is 71.3 Å². The van der Waals surface area contributed by atoms with E-state index in [0.29, 0.717) is 18.2 Å². The van der Waals surface area contributed by atoms with Gasteiger partial charge in [-0.15, -0.1) is 0 Å². The minimum Gasteiger partial charge on any atom is -0.478 e. The zero-order valence-corrected chi connectivity index (χ0v) is 18.8. The van der Waals surface area contributed by atoms with Gasteiger partial charge in [-0.25, -0.2) is 9.59 Å². The van der Waals surface area contributed by atoms with E-state index in [9.17, 15) is 14.7 Å². The van der Waals surface area contributed by atoms with Crippen LogP contribution in [0.15, 0.2) is 64.4 Å². The second-order valence-corrected chi connectivity index (χ2v) is 8.89. The lowest BCUT2D eigenvalue weighted by atomic mass is 9.95. The Bertz CT molecular complexity index is 970. The van der Waals surface area contributed by atoms with Gasteiger partial charge in [-0.1, -0.05) is 42.1 Å². The van der Waals surface area contributed by atoms with Crippen LogP contribution in [0, 0.1) is 0 Å². The van der Waals surface area contributed by atoms with E-state index in [1.54, 1.807) is 0 Å². The lowest BCUT2D eigenvalue weighted by molar-refractivity contribution is -0.134. The van der Waals surface area contributed by atoms with E-state index in [2.05, 4.69) is 59.3 Å². The zero-order valence-electron chi connectivity index (χ0n) is 18.0. The molecule has 0 amide bonds. The number of fused-ring (bicyclic) bond motifs is 2. The third-order valence-corrected chi connectivity index (χ3v) is 6.78. The summed E-state index contributed by atoms with van der Waals surface area (Å²) in [6.45, 7) is 4.58. The molecular formula is C24H28N2O5S. The first-order valence-corrected chi connectivity index (χ1v) is 11.2. The normalized spacial score (nSPS) is 18.8. The SMILES string of the molecule is CN1CCN(C2Cc3ccccc3Sc3ccc(CO)cc32)CC1.O=C(O)/C=C\C(=O)O. The molecule has 170 valence electrons. The van der Waals surface area contributed by atoms with E-state index in [1.807, 2.05) is 11.8 Å². The Morgan fingerprint density at radius 2 is 1.66 bits per heavy atom. The van der Waals surface area contributed by atoms with Gasteiger partial charge in [0.2, 0.25) is 0 Å². The van der Waals surface area contributed by atoms with Crippen molar-refractivity contribution in [2.45, 2.75) is 28.9 Å². The highest BCUT2D eigenvalue weighted by Crippen LogP contribution is 2.43. The lowest BCUT2D eigenvalue weighted by Crippen LogP contribution is -2.46. The van der Waals surface area contributed by atoms with Crippen LogP contribution >= 0.6 is 11.8 Å². The predicted molar refractivity (Wildman–Crippen MR) is 123 cm³/mol. The molecule has 8 heteroatoms. The van der Waals surface area contributed by atoms with Crippen molar-refractivity contribution in [1.82, 2.24) is 9.80 Å². The summed E-state index contributed by atoms with van der Waals surface area (Å²) < 4.78 is 0. The fourth-order valence-corrected chi connectivity index (χ4v) is 4.98. The van der Waals surface area contributed by atoms with Gasteiger partial charge in [0.25, 0.3) is 0 Å². The first kappa shape index (κ1) is 24.0. The highest BCUT2D eigenvalue weighted by Gasteiger charge is 2.29. The smallest absolute Gasteiger partial charge is 0.328 e. The maximum Gasteiger partial charge on any atom is 0.328 e. The van der Waals surface area contributed by atoms with Gasteiger partial charge in [-0.3, -0.25) is 4.90 Å². The maximum atomic E-state index is 9.59. The molecule has 0 bridgehead atoms. The summed E-state index contributed by atoms with van der Waals surface area (Å²) in [5.74, 6) is -2.51. The number of piperazine rings is 1. The fourth-order valence-electron chi connectivity index (χ4n) is 3.86. The van der Waals surface area contributed by atoms with Crippen LogP contribution in [0.25, 0.3) is 0 Å². The summed E-state index contributed by atoms with van der Waals surface area (Å²) >= 11 is 1.87. The number of hydrogen-bond acceptors (Lipinski definition) is 6. The number of carbonyl (C=O) groups is 2. The number of nitrogens with zero attached hydrogens (tertiary/aromatic N) is 2. The summed E-state index contributed by atoms with van der Waals surface area (Å²) in [6, 6.07) is 15.6. The molecule has 0 saturated carbocycles. The minimum absolute atomic E-state index is 0.111. The van der Waals surface area contributed by atoms with Gasteiger partial charge in [-0.2, -0.15) is 0 Å². The minimum atomic E-state index is -1.26. The number of carboxylic acid groups (broad SMARTS) is 2. The van der Waals surface area contributed by atoms with E-state index in [0.717, 1.165) is 38.2 Å². The van der Waals surface area contributed by atoms with Crippen molar-refractivity contribution in [2.24, 2.45) is 0 Å². The maximum absolute atomic E-state index is 9.59. The molecule has 2 aliphatic rings. The van der Waals surface area contributed by atoms with Crippen LogP contribution in [0.2, 0.25) is 0 Å². The molecule has 2 heterocycles. The number of rotatable bonds is 4. The Kier molecular flexibility index (Phi) is 8.46. The molecule has 2 aromatic rings. The topological polar surface area (TPSA) is 101 Å². The van der Waals surface area contributed by atoms with E-state index >= 15 is 0 Å². The van der Waals surface area contributed by atoms with Crippen LogP contribution in [0.4, 0.5) is 0 Å². The number of hydrogen-bond donors (Lipinski definition) is 3. The number of aliphatic hydroxyl groups excluding tert-OH is 1. The number of aliphatic carboxylic acids is 2. The Morgan fingerprint density at radius 3 is 2.28 bits per heavy atom. The quantitative estimate of drug-likeness (QED) is 0.604. The van der Waals surface area contributed by atoms with Crippen molar-refractivity contribution in [1.29, 1.82) is 0 Å². The zero-order chi connectivity index (χ0) is 23.1. The third kappa shape index (κ3) is 6.43. The van der Waals surface area contributed by atoms with Gasteiger partial charge < -0.3 is 20.2 Å². The molecule has 1 atom stereocenters. The molecular weight excluding hydrogens is 428 g/mol. The van der Waals surface area contributed by atoms with Gasteiger partial charge in [-0.05, 0) is 42.3 Å². The average Bonchev–Trinajstić information content (AvgIpc) is 2.95. The van der Waals surface area contributed by atoms with Gasteiger partial charge in [0.15, 0.2) is 0 Å². The predicted octanol–water partition coefficient (Wildman–Crippen LogP) is 2.89. The van der Waals surface area contributed by atoms with E-state index in [4.69, 9.17) is 10.2 Å². The molecule has 3 N–H and O–H groups in total. The fraction of sp³-hybridized carbons (Fsp3) is 0.333. The van der Waals surface area contributed by atoms with Crippen molar-refractivity contribution < 1.29 is 24.9 Å². The molecule has 2 aromatic carbocycles. The monoisotopic (exact) mass is 456 g/mol. The molecule has 4 rings (SSSR count). The van der Waals surface area contributed by atoms with Crippen LogP contribution in [-0.4, -0.2) is 70.3 Å². The Hall–Kier alpha value is -2.65. The molecule has 32 heavy (non-hydrogen) atoms. The number of benzene rings is 2. The summed E-state index contributed by atoms with van der Waals surface area (Å²) in [7, 11) is 2.20. The molecule has 7 nitrogen and oxygen atoms in total. The number of carboxylic acids is 2. The molecule has 2 aliphatic heterocycles. The Morgan fingerprint density at radius 1 is 1.00 bits per heavy atom. The van der Waals surface area contributed by atoms with Crippen LogP contribution < -0.4 is 0 Å². The van der Waals surface area contributed by atoms with Gasteiger partial charge in [0.05, 0.1) is 6.61 Å². The molecule has 0 spiro atoms. The molecule has 0 aromatic heterocycles. The van der Waals surface area contributed by atoms with E-state index in [1.165, 1.54) is 20.9 Å². The van der Waals surface area contributed by atoms with Gasteiger partial charge >= 0.3 is 11.9 Å². The first-order valence-electron chi connectivity index (χ1n) is 10.4. The largest absolute Gasteiger partial charge is 0.478 e. The highest BCUT2D eigenvalue weighted by molar-refractivity contribution is 7.99. The molecule has 1 fully saturated rings. The molecule has 1 saturated heterocycles. The number of aliphatic hydroxyl groups is 1. The van der Waals surface area contributed by atoms with Crippen molar-refractivity contribution >= 4 is 23.7 Å². The van der Waals surface area contributed by atoms with Crippen LogP contribution in [0.5, 0.6) is 0 Å². The lowest BCUT2D eigenvalue weighted by Gasteiger charge is -2.38. The molecule has 1 unspecified atom stereocenters.